The number of urea groups is 1. The van der Waals surface area contributed by atoms with Gasteiger partial charge in [0.2, 0.25) is 0 Å². The molecule has 5 nitrogen and oxygen atoms in total. The molecule has 136 valence electrons. The number of amides is 2. The molecule has 5 heteroatoms. The molecule has 2 N–H and O–H groups in total. The monoisotopic (exact) mass is 343 g/mol. The van der Waals surface area contributed by atoms with Gasteiger partial charge >= 0.3 is 6.03 Å². The summed E-state index contributed by atoms with van der Waals surface area (Å²) in [5, 5.41) is 6.30. The number of nitrogens with zero attached hydrogens (tertiary/aromatic N) is 1. The molecule has 2 aliphatic rings. The van der Waals surface area contributed by atoms with Crippen LogP contribution in [0.15, 0.2) is 36.4 Å². The Morgan fingerprint density at radius 1 is 1.24 bits per heavy atom. The third-order valence-electron chi connectivity index (χ3n) is 4.91. The Hall–Kier alpha value is -2.01. The highest BCUT2D eigenvalue weighted by molar-refractivity contribution is 5.75. The van der Waals surface area contributed by atoms with Gasteiger partial charge in [-0.25, -0.2) is 4.79 Å². The van der Waals surface area contributed by atoms with Gasteiger partial charge in [0.1, 0.15) is 5.75 Å². The second-order valence-corrected chi connectivity index (χ2v) is 7.21. The molecule has 1 saturated heterocycles. The smallest absolute Gasteiger partial charge is 0.315 e. The van der Waals surface area contributed by atoms with Crippen LogP contribution in [0.1, 0.15) is 44.2 Å². The van der Waals surface area contributed by atoms with Crippen LogP contribution in [0.5, 0.6) is 5.75 Å². The van der Waals surface area contributed by atoms with Crippen molar-refractivity contribution in [3.63, 3.8) is 0 Å². The largest absolute Gasteiger partial charge is 0.493 e. The van der Waals surface area contributed by atoms with Crippen molar-refractivity contribution in [3.05, 3.63) is 42.0 Å². The van der Waals surface area contributed by atoms with Crippen LogP contribution in [0.25, 0.3) is 0 Å². The molecule has 1 fully saturated rings. The van der Waals surface area contributed by atoms with Crippen molar-refractivity contribution in [2.75, 3.05) is 26.2 Å². The average molecular weight is 343 g/mol. The summed E-state index contributed by atoms with van der Waals surface area (Å²) in [5.74, 6) is 0.887. The number of likely N-dealkylation sites (tertiary alicyclic amines) is 1. The molecule has 0 spiro atoms. The van der Waals surface area contributed by atoms with E-state index in [1.165, 1.54) is 5.57 Å². The second-order valence-electron chi connectivity index (χ2n) is 7.21. The minimum atomic E-state index is -0.0694. The van der Waals surface area contributed by atoms with E-state index in [2.05, 4.69) is 29.0 Å². The highest BCUT2D eigenvalue weighted by Crippen LogP contribution is 2.31. The summed E-state index contributed by atoms with van der Waals surface area (Å²) in [6.07, 6.45) is 3.83. The van der Waals surface area contributed by atoms with Crippen LogP contribution in [0, 0.1) is 0 Å². The van der Waals surface area contributed by atoms with E-state index in [4.69, 9.17) is 4.74 Å². The number of benzene rings is 1. The fraction of sp³-hybridized carbons (Fsp3) is 0.550. The molecule has 0 radical (unpaired) electrons. The van der Waals surface area contributed by atoms with E-state index in [0.717, 1.165) is 56.6 Å². The maximum absolute atomic E-state index is 12.5. The van der Waals surface area contributed by atoms with E-state index in [1.54, 1.807) is 0 Å². The zero-order valence-corrected chi connectivity index (χ0v) is 15.1. The molecule has 0 saturated carbocycles. The van der Waals surface area contributed by atoms with E-state index in [-0.39, 0.29) is 18.1 Å². The predicted octanol–water partition coefficient (Wildman–Crippen LogP) is 3.24. The van der Waals surface area contributed by atoms with Gasteiger partial charge in [-0.2, -0.15) is 0 Å². The molecule has 25 heavy (non-hydrogen) atoms. The average Bonchev–Trinajstić information content (AvgIpc) is 2.79. The van der Waals surface area contributed by atoms with E-state index in [1.807, 2.05) is 24.3 Å². The predicted molar refractivity (Wildman–Crippen MR) is 99.9 cm³/mol. The number of para-hydroxylation sites is 1. The Morgan fingerprint density at radius 3 is 2.76 bits per heavy atom. The molecular weight excluding hydrogens is 314 g/mol. The summed E-state index contributed by atoms with van der Waals surface area (Å²) in [4.78, 5) is 14.9. The van der Waals surface area contributed by atoms with Crippen molar-refractivity contribution < 1.29 is 9.53 Å². The van der Waals surface area contributed by atoms with Crippen LogP contribution < -0.4 is 15.4 Å². The SMILES string of the molecule is C=C(C)CN1CCC(NC(=O)NC2CCCOc3ccccc32)CC1. The number of nitrogens with one attached hydrogen (secondary N) is 2. The van der Waals surface area contributed by atoms with Crippen LogP contribution >= 0.6 is 0 Å². The molecule has 0 aromatic heterocycles. The molecule has 2 heterocycles. The maximum atomic E-state index is 12.5. The summed E-state index contributed by atoms with van der Waals surface area (Å²) in [5.41, 5.74) is 2.27. The lowest BCUT2D eigenvalue weighted by Gasteiger charge is -2.32. The summed E-state index contributed by atoms with van der Waals surface area (Å²) >= 11 is 0. The minimum Gasteiger partial charge on any atom is -0.493 e. The molecule has 1 aromatic rings. The summed E-state index contributed by atoms with van der Waals surface area (Å²) in [7, 11) is 0. The zero-order chi connectivity index (χ0) is 17.6. The van der Waals surface area contributed by atoms with Crippen LogP contribution in [0.4, 0.5) is 4.79 Å². The Bertz CT molecular complexity index is 609. The van der Waals surface area contributed by atoms with Gasteiger partial charge in [0.15, 0.2) is 0 Å². The van der Waals surface area contributed by atoms with Crippen molar-refractivity contribution in [1.29, 1.82) is 0 Å². The van der Waals surface area contributed by atoms with Crippen molar-refractivity contribution in [2.45, 2.75) is 44.7 Å². The lowest BCUT2D eigenvalue weighted by Crippen LogP contribution is -2.48. The van der Waals surface area contributed by atoms with Gasteiger partial charge in [0.05, 0.1) is 12.6 Å². The molecule has 2 amide bonds. The number of ether oxygens (including phenoxy) is 1. The zero-order valence-electron chi connectivity index (χ0n) is 15.1. The minimum absolute atomic E-state index is 0.0159. The van der Waals surface area contributed by atoms with E-state index in [0.29, 0.717) is 6.61 Å². The Kier molecular flexibility index (Phi) is 5.97. The molecule has 1 aromatic carbocycles. The fourth-order valence-corrected chi connectivity index (χ4v) is 3.68. The summed E-state index contributed by atoms with van der Waals surface area (Å²) in [6, 6.07) is 8.19. The van der Waals surface area contributed by atoms with Gasteiger partial charge in [-0.15, -0.1) is 0 Å². The molecule has 0 aliphatic carbocycles. The molecule has 2 aliphatic heterocycles. The highest BCUT2D eigenvalue weighted by Gasteiger charge is 2.24. The van der Waals surface area contributed by atoms with Crippen molar-refractivity contribution in [2.24, 2.45) is 0 Å². The molecule has 3 rings (SSSR count). The Balaban J connectivity index is 1.51. The van der Waals surface area contributed by atoms with Crippen molar-refractivity contribution >= 4 is 6.03 Å². The number of carbonyl (C=O) groups is 1. The van der Waals surface area contributed by atoms with Gasteiger partial charge in [-0.05, 0) is 38.7 Å². The van der Waals surface area contributed by atoms with E-state index in [9.17, 15) is 4.79 Å². The van der Waals surface area contributed by atoms with Gasteiger partial charge in [0, 0.05) is 31.2 Å². The molecular formula is C20H29N3O2. The number of piperidine rings is 1. The quantitative estimate of drug-likeness (QED) is 0.825. The molecule has 1 unspecified atom stereocenters. The second kappa shape index (κ2) is 8.39. The first-order valence-corrected chi connectivity index (χ1v) is 9.27. The lowest BCUT2D eigenvalue weighted by molar-refractivity contribution is 0.200. The van der Waals surface area contributed by atoms with E-state index < -0.39 is 0 Å². The lowest BCUT2D eigenvalue weighted by atomic mass is 10.0. The maximum Gasteiger partial charge on any atom is 0.315 e. The first kappa shape index (κ1) is 17.8. The summed E-state index contributed by atoms with van der Waals surface area (Å²) < 4.78 is 5.77. The van der Waals surface area contributed by atoms with Crippen molar-refractivity contribution in [1.82, 2.24) is 15.5 Å². The fourth-order valence-electron chi connectivity index (χ4n) is 3.68. The molecule has 0 bridgehead atoms. The number of hydrogen-bond donors (Lipinski definition) is 2. The highest BCUT2D eigenvalue weighted by atomic mass is 16.5. The van der Waals surface area contributed by atoms with Crippen LogP contribution in [0.3, 0.4) is 0 Å². The summed E-state index contributed by atoms with van der Waals surface area (Å²) in [6.45, 7) is 9.72. The molecule has 1 atom stereocenters. The topological polar surface area (TPSA) is 53.6 Å². The first-order valence-electron chi connectivity index (χ1n) is 9.27. The Labute approximate surface area is 150 Å². The van der Waals surface area contributed by atoms with Gasteiger partial charge in [0.25, 0.3) is 0 Å². The van der Waals surface area contributed by atoms with E-state index >= 15 is 0 Å². The van der Waals surface area contributed by atoms with Gasteiger partial charge < -0.3 is 15.4 Å². The van der Waals surface area contributed by atoms with Gasteiger partial charge in [-0.3, -0.25) is 4.90 Å². The Morgan fingerprint density at radius 2 is 2.00 bits per heavy atom. The number of rotatable bonds is 4. The van der Waals surface area contributed by atoms with Crippen LogP contribution in [0.2, 0.25) is 0 Å². The van der Waals surface area contributed by atoms with Crippen LogP contribution in [-0.2, 0) is 0 Å². The van der Waals surface area contributed by atoms with Crippen LogP contribution in [-0.4, -0.2) is 43.2 Å². The first-order chi connectivity index (χ1) is 12.1. The van der Waals surface area contributed by atoms with Crippen molar-refractivity contribution in [3.8, 4) is 5.75 Å². The third-order valence-corrected chi connectivity index (χ3v) is 4.91. The standard InChI is InChI=1S/C20H29N3O2/c1-15(2)14-23-11-9-16(10-12-23)21-20(24)22-18-7-5-13-25-19-8-4-3-6-17(18)19/h3-4,6,8,16,18H,1,5,7,9-14H2,2H3,(H2,21,22,24). The normalized spacial score (nSPS) is 21.6. The number of fused-ring (bicyclic) bond motifs is 1. The number of hydrogen-bond acceptors (Lipinski definition) is 3. The number of carbonyl (C=O) groups excluding carboxylic acids is 1. The third kappa shape index (κ3) is 4.98. The van der Waals surface area contributed by atoms with Gasteiger partial charge in [-0.1, -0.05) is 30.4 Å².